The van der Waals surface area contributed by atoms with Crippen molar-refractivity contribution < 1.29 is 18.3 Å². The van der Waals surface area contributed by atoms with Gasteiger partial charge in [0, 0.05) is 19.1 Å². The average Bonchev–Trinajstić information content (AvgIpc) is 2.33. The Labute approximate surface area is 115 Å². The zero-order valence-corrected chi connectivity index (χ0v) is 12.4. The van der Waals surface area contributed by atoms with Gasteiger partial charge in [-0.15, -0.1) is 0 Å². The molecule has 1 saturated heterocycles. The lowest BCUT2D eigenvalue weighted by Gasteiger charge is -2.32. The van der Waals surface area contributed by atoms with E-state index in [1.165, 1.54) is 10.6 Å². The van der Waals surface area contributed by atoms with Crippen molar-refractivity contribution in [2.45, 2.75) is 51.1 Å². The van der Waals surface area contributed by atoms with Crippen LogP contribution in [0.15, 0.2) is 0 Å². The molecule has 0 aliphatic carbocycles. The topological polar surface area (TPSA) is 86.7 Å². The predicted octanol–water partition coefficient (Wildman–Crippen LogP) is 0.643. The molecule has 1 unspecified atom stereocenters. The third-order valence-corrected chi connectivity index (χ3v) is 4.81. The maximum absolute atomic E-state index is 11.4. The van der Waals surface area contributed by atoms with E-state index in [9.17, 15) is 13.2 Å². The van der Waals surface area contributed by atoms with E-state index >= 15 is 0 Å². The third kappa shape index (κ3) is 5.46. The first-order valence-corrected chi connectivity index (χ1v) is 8.63. The van der Waals surface area contributed by atoms with Crippen LogP contribution < -0.4 is 5.32 Å². The SMILES string of the molecule is CCCCC(NC1CCN(S(C)(=O)=O)CC1)C(=O)O. The number of carbonyl (C=O) groups is 1. The number of carboxylic acids is 1. The minimum atomic E-state index is -3.12. The maximum Gasteiger partial charge on any atom is 0.320 e. The smallest absolute Gasteiger partial charge is 0.320 e. The van der Waals surface area contributed by atoms with Crippen molar-refractivity contribution in [3.8, 4) is 0 Å². The zero-order valence-electron chi connectivity index (χ0n) is 11.6. The van der Waals surface area contributed by atoms with Crippen molar-refractivity contribution >= 4 is 16.0 Å². The molecule has 2 N–H and O–H groups in total. The molecule has 112 valence electrons. The minimum Gasteiger partial charge on any atom is -0.480 e. The fourth-order valence-corrected chi connectivity index (χ4v) is 3.20. The summed E-state index contributed by atoms with van der Waals surface area (Å²) in [5.41, 5.74) is 0. The Morgan fingerprint density at radius 2 is 2.00 bits per heavy atom. The van der Waals surface area contributed by atoms with Crippen molar-refractivity contribution in [3.63, 3.8) is 0 Å². The van der Waals surface area contributed by atoms with Gasteiger partial charge in [-0.2, -0.15) is 0 Å². The molecule has 7 heteroatoms. The van der Waals surface area contributed by atoms with Crippen LogP contribution in [0.5, 0.6) is 0 Å². The molecule has 0 saturated carbocycles. The molecule has 1 atom stereocenters. The normalized spacial score (nSPS) is 20.3. The first-order valence-electron chi connectivity index (χ1n) is 6.78. The van der Waals surface area contributed by atoms with Crippen molar-refractivity contribution in [1.82, 2.24) is 9.62 Å². The van der Waals surface area contributed by atoms with E-state index < -0.39 is 22.0 Å². The molecular formula is C12H24N2O4S. The van der Waals surface area contributed by atoms with Crippen molar-refractivity contribution in [2.75, 3.05) is 19.3 Å². The molecule has 6 nitrogen and oxygen atoms in total. The number of hydrogen-bond acceptors (Lipinski definition) is 4. The van der Waals surface area contributed by atoms with Crippen molar-refractivity contribution in [2.24, 2.45) is 0 Å². The highest BCUT2D eigenvalue weighted by Crippen LogP contribution is 2.14. The highest BCUT2D eigenvalue weighted by molar-refractivity contribution is 7.88. The molecule has 1 rings (SSSR count). The maximum atomic E-state index is 11.4. The lowest BCUT2D eigenvalue weighted by atomic mass is 10.0. The van der Waals surface area contributed by atoms with E-state index in [1.807, 2.05) is 6.92 Å². The summed E-state index contributed by atoms with van der Waals surface area (Å²) in [7, 11) is -3.12. The standard InChI is InChI=1S/C12H24N2O4S/c1-3-4-5-11(12(15)16)13-10-6-8-14(9-7-10)19(2,17)18/h10-11,13H,3-9H2,1-2H3,(H,15,16). The van der Waals surface area contributed by atoms with E-state index in [4.69, 9.17) is 5.11 Å². The molecule has 1 fully saturated rings. The molecule has 0 aromatic heterocycles. The Morgan fingerprint density at radius 3 is 2.42 bits per heavy atom. The highest BCUT2D eigenvalue weighted by atomic mass is 32.2. The largest absolute Gasteiger partial charge is 0.480 e. The summed E-state index contributed by atoms with van der Waals surface area (Å²) < 4.78 is 24.2. The first kappa shape index (κ1) is 16.4. The van der Waals surface area contributed by atoms with Crippen LogP contribution in [0.3, 0.4) is 0 Å². The Hall–Kier alpha value is -0.660. The van der Waals surface area contributed by atoms with Gasteiger partial charge in [-0.05, 0) is 19.3 Å². The minimum absolute atomic E-state index is 0.0935. The molecule has 0 amide bonds. The van der Waals surface area contributed by atoms with Crippen LogP contribution in [-0.4, -0.2) is 55.2 Å². The average molecular weight is 292 g/mol. The number of sulfonamides is 1. The quantitative estimate of drug-likeness (QED) is 0.719. The van der Waals surface area contributed by atoms with Gasteiger partial charge in [0.15, 0.2) is 0 Å². The predicted molar refractivity (Wildman–Crippen MR) is 73.5 cm³/mol. The van der Waals surface area contributed by atoms with Crippen LogP contribution in [-0.2, 0) is 14.8 Å². The molecule has 0 bridgehead atoms. The molecule has 0 radical (unpaired) electrons. The van der Waals surface area contributed by atoms with E-state index in [2.05, 4.69) is 5.32 Å². The number of nitrogens with zero attached hydrogens (tertiary/aromatic N) is 1. The third-order valence-electron chi connectivity index (χ3n) is 3.50. The summed E-state index contributed by atoms with van der Waals surface area (Å²) in [5.74, 6) is -0.820. The van der Waals surface area contributed by atoms with Gasteiger partial charge in [-0.3, -0.25) is 4.79 Å². The van der Waals surface area contributed by atoms with Crippen LogP contribution in [0, 0.1) is 0 Å². The van der Waals surface area contributed by atoms with Crippen LogP contribution in [0.2, 0.25) is 0 Å². The number of nitrogens with one attached hydrogen (secondary N) is 1. The monoisotopic (exact) mass is 292 g/mol. The van der Waals surface area contributed by atoms with Gasteiger partial charge in [0.2, 0.25) is 10.0 Å². The molecule has 0 aromatic rings. The van der Waals surface area contributed by atoms with Crippen LogP contribution in [0.4, 0.5) is 0 Å². The number of carboxylic acid groups (broad SMARTS) is 1. The fourth-order valence-electron chi connectivity index (χ4n) is 2.32. The fraction of sp³-hybridized carbons (Fsp3) is 0.917. The number of aliphatic carboxylic acids is 1. The van der Waals surface area contributed by atoms with Gasteiger partial charge >= 0.3 is 5.97 Å². The summed E-state index contributed by atoms with van der Waals surface area (Å²) in [6, 6.07) is -0.425. The summed E-state index contributed by atoms with van der Waals surface area (Å²) >= 11 is 0. The summed E-state index contributed by atoms with van der Waals surface area (Å²) in [6.07, 6.45) is 5.02. The van der Waals surface area contributed by atoms with Gasteiger partial charge in [0.1, 0.15) is 6.04 Å². The molecule has 1 aliphatic rings. The molecule has 19 heavy (non-hydrogen) atoms. The molecule has 0 spiro atoms. The van der Waals surface area contributed by atoms with Crippen LogP contribution in [0.1, 0.15) is 39.0 Å². The van der Waals surface area contributed by atoms with Gasteiger partial charge in [-0.1, -0.05) is 19.8 Å². The number of hydrogen-bond donors (Lipinski definition) is 2. The Kier molecular flexibility index (Phi) is 6.22. The van der Waals surface area contributed by atoms with Gasteiger partial charge in [-0.25, -0.2) is 12.7 Å². The van der Waals surface area contributed by atoms with Crippen LogP contribution >= 0.6 is 0 Å². The Balaban J connectivity index is 2.44. The van der Waals surface area contributed by atoms with Gasteiger partial charge in [0.05, 0.1) is 6.26 Å². The first-order chi connectivity index (χ1) is 8.84. The molecule has 0 aromatic carbocycles. The lowest BCUT2D eigenvalue weighted by molar-refractivity contribution is -0.140. The molecule has 1 aliphatic heterocycles. The zero-order chi connectivity index (χ0) is 14.5. The Bertz CT molecular complexity index is 389. The Morgan fingerprint density at radius 1 is 1.42 bits per heavy atom. The summed E-state index contributed by atoms with van der Waals surface area (Å²) in [4.78, 5) is 11.1. The second kappa shape index (κ2) is 7.21. The van der Waals surface area contributed by atoms with E-state index in [1.54, 1.807) is 0 Å². The second-order valence-electron chi connectivity index (χ2n) is 5.14. The van der Waals surface area contributed by atoms with E-state index in [0.29, 0.717) is 32.4 Å². The van der Waals surface area contributed by atoms with Gasteiger partial charge < -0.3 is 10.4 Å². The number of unbranched alkanes of at least 4 members (excludes halogenated alkanes) is 1. The second-order valence-corrected chi connectivity index (χ2v) is 7.12. The molecule has 1 heterocycles. The summed E-state index contributed by atoms with van der Waals surface area (Å²) in [5, 5.41) is 12.3. The number of piperidine rings is 1. The highest BCUT2D eigenvalue weighted by Gasteiger charge is 2.27. The van der Waals surface area contributed by atoms with Crippen LogP contribution in [0.25, 0.3) is 0 Å². The lowest BCUT2D eigenvalue weighted by Crippen LogP contribution is -2.49. The summed E-state index contributed by atoms with van der Waals surface area (Å²) in [6.45, 7) is 2.97. The van der Waals surface area contributed by atoms with Gasteiger partial charge in [0.25, 0.3) is 0 Å². The molecular weight excluding hydrogens is 268 g/mol. The van der Waals surface area contributed by atoms with E-state index in [0.717, 1.165) is 12.8 Å². The number of rotatable bonds is 7. The van der Waals surface area contributed by atoms with Crippen molar-refractivity contribution in [3.05, 3.63) is 0 Å². The van der Waals surface area contributed by atoms with Crippen molar-refractivity contribution in [1.29, 1.82) is 0 Å². The van der Waals surface area contributed by atoms with E-state index in [-0.39, 0.29) is 6.04 Å².